The number of phenols is 1. The molecule has 1 aromatic carbocycles. The summed E-state index contributed by atoms with van der Waals surface area (Å²) in [6.07, 6.45) is -0.806. The molecule has 13 heteroatoms. The van der Waals surface area contributed by atoms with Gasteiger partial charge >= 0.3 is 6.09 Å². The summed E-state index contributed by atoms with van der Waals surface area (Å²) < 4.78 is 5.13. The number of hydrogen-bond acceptors (Lipinski definition) is 11. The van der Waals surface area contributed by atoms with Crippen LogP contribution >= 0.6 is 0 Å². The van der Waals surface area contributed by atoms with Crippen LogP contribution < -0.4 is 16.0 Å². The molecule has 1 aromatic rings. The highest BCUT2D eigenvalue weighted by atomic mass is 16.5. The molecule has 0 aliphatic heterocycles. The number of hydrogen-bond donors (Lipinski definition) is 4. The number of rotatable bonds is 6. The number of phenolic OH excluding ortho intramolecular Hbond substituents is 1. The van der Waals surface area contributed by atoms with Gasteiger partial charge in [0.25, 0.3) is 0 Å². The quantitative estimate of drug-likeness (QED) is 0.267. The molecule has 2 fully saturated rings. The van der Waals surface area contributed by atoms with Crippen molar-refractivity contribution in [3.8, 4) is 5.75 Å². The minimum atomic E-state index is -2.81. The van der Waals surface area contributed by atoms with Gasteiger partial charge in [-0.05, 0) is 50.4 Å². The molecule has 0 bridgehead atoms. The van der Waals surface area contributed by atoms with Crippen molar-refractivity contribution in [2.45, 2.75) is 38.3 Å². The number of nitrogens with one attached hydrogen (secondary N) is 1. The van der Waals surface area contributed by atoms with Gasteiger partial charge in [0.1, 0.15) is 5.75 Å². The first-order valence-electron chi connectivity index (χ1n) is 13.4. The Labute approximate surface area is 237 Å². The fraction of sp³-hybridized carbons (Fsp3) is 0.571. The van der Waals surface area contributed by atoms with Gasteiger partial charge in [0.05, 0.1) is 29.8 Å². The van der Waals surface area contributed by atoms with Gasteiger partial charge in [0.15, 0.2) is 34.7 Å². The number of nitrogens with two attached hydrogens (primary N) is 1. The molecule has 0 saturated heterocycles. The molecule has 3 aliphatic carbocycles. The number of amides is 2. The molecule has 6 atom stereocenters. The van der Waals surface area contributed by atoms with Gasteiger partial charge in [-0.3, -0.25) is 34.2 Å². The largest absolute Gasteiger partial charge is 0.505 e. The number of fused-ring (bicyclic) bond motifs is 3. The van der Waals surface area contributed by atoms with Crippen molar-refractivity contribution in [3.63, 3.8) is 0 Å². The van der Waals surface area contributed by atoms with E-state index in [0.717, 1.165) is 0 Å². The van der Waals surface area contributed by atoms with E-state index in [2.05, 4.69) is 5.32 Å². The lowest BCUT2D eigenvalue weighted by atomic mass is 9.52. The van der Waals surface area contributed by atoms with E-state index in [1.807, 2.05) is 13.8 Å². The summed E-state index contributed by atoms with van der Waals surface area (Å²) in [5.41, 5.74) is 3.11. The fourth-order valence-corrected chi connectivity index (χ4v) is 6.53. The third-order valence-corrected chi connectivity index (χ3v) is 8.30. The first-order valence-corrected chi connectivity index (χ1v) is 13.4. The number of nitrogens with zero attached hydrogens (tertiary/aromatic N) is 2. The molecule has 0 radical (unpaired) electrons. The molecule has 2 saturated carbocycles. The maximum atomic E-state index is 14.0. The number of primary amides is 1. The van der Waals surface area contributed by atoms with Gasteiger partial charge in [-0.1, -0.05) is 13.8 Å². The summed E-state index contributed by atoms with van der Waals surface area (Å²) >= 11 is 0. The smallest absolute Gasteiger partial charge is 0.411 e. The number of anilines is 2. The number of Topliss-reactive ketones (excluding diaryl/α,β-unsaturated/α-hetero) is 4. The van der Waals surface area contributed by atoms with Crippen LogP contribution in [0.4, 0.5) is 16.2 Å². The predicted molar refractivity (Wildman–Crippen MR) is 145 cm³/mol. The van der Waals surface area contributed by atoms with Crippen LogP contribution in [-0.4, -0.2) is 96.7 Å². The zero-order valence-electron chi connectivity index (χ0n) is 23.9. The Hall–Kier alpha value is -3.84. The Balaban J connectivity index is 1.83. The second kappa shape index (κ2) is 10.5. The fourth-order valence-electron chi connectivity index (χ4n) is 6.53. The van der Waals surface area contributed by atoms with Crippen molar-refractivity contribution in [2.75, 3.05) is 45.0 Å². The van der Waals surface area contributed by atoms with E-state index < -0.39 is 76.2 Å². The molecule has 6 unspecified atom stereocenters. The first kappa shape index (κ1) is 30.1. The topological polar surface area (TPSA) is 197 Å². The molecule has 4 rings (SSSR count). The normalized spacial score (nSPS) is 29.1. The van der Waals surface area contributed by atoms with Crippen LogP contribution in [0.15, 0.2) is 6.07 Å². The number of aliphatic hydroxyl groups is 1. The third-order valence-electron chi connectivity index (χ3n) is 8.30. The lowest BCUT2D eigenvalue weighted by Gasteiger charge is -2.52. The Morgan fingerprint density at radius 3 is 2.32 bits per heavy atom. The molecular formula is C28H36N4O9. The van der Waals surface area contributed by atoms with Crippen LogP contribution in [0.2, 0.25) is 0 Å². The van der Waals surface area contributed by atoms with Gasteiger partial charge in [-0.2, -0.15) is 0 Å². The molecule has 13 nitrogen and oxygen atoms in total. The highest BCUT2D eigenvalue weighted by Crippen LogP contribution is 2.52. The average Bonchev–Trinajstić information content (AvgIpc) is 2.85. The highest BCUT2D eigenvalue weighted by Gasteiger charge is 2.69. The third kappa shape index (κ3) is 4.66. The molecule has 0 spiro atoms. The Kier molecular flexibility index (Phi) is 7.74. The van der Waals surface area contributed by atoms with Crippen molar-refractivity contribution >= 4 is 46.5 Å². The Bertz CT molecular complexity index is 1350. The first-order chi connectivity index (χ1) is 19.0. The van der Waals surface area contributed by atoms with Crippen molar-refractivity contribution < 1.29 is 43.7 Å². The van der Waals surface area contributed by atoms with Crippen molar-refractivity contribution in [1.29, 1.82) is 0 Å². The number of carbonyl (C=O) groups is 6. The molecule has 222 valence electrons. The van der Waals surface area contributed by atoms with E-state index in [1.54, 1.807) is 19.0 Å². The maximum absolute atomic E-state index is 14.0. The summed E-state index contributed by atoms with van der Waals surface area (Å²) in [5.74, 6) is -11.4. The predicted octanol–water partition coefficient (Wildman–Crippen LogP) is 0.138. The SMILES string of the molecule is CC(C)COC(=O)Nc1cc(N(C)C)c2c(c1O)C(=O)C1C(=O)C3(O)C(=O)C(C(N)=O)C(=O)C(N(C)C)C3CC1C2. The Morgan fingerprint density at radius 1 is 1.15 bits per heavy atom. The van der Waals surface area contributed by atoms with E-state index in [1.165, 1.54) is 25.1 Å². The molecule has 2 amide bonds. The molecule has 0 aromatic heterocycles. The van der Waals surface area contributed by atoms with Crippen molar-refractivity contribution in [2.24, 2.45) is 35.3 Å². The average molecular weight is 573 g/mol. The van der Waals surface area contributed by atoms with Gasteiger partial charge < -0.3 is 25.6 Å². The van der Waals surface area contributed by atoms with Crippen LogP contribution in [0.3, 0.4) is 0 Å². The van der Waals surface area contributed by atoms with Crippen LogP contribution in [0.5, 0.6) is 5.75 Å². The van der Waals surface area contributed by atoms with E-state index in [9.17, 15) is 39.0 Å². The summed E-state index contributed by atoms with van der Waals surface area (Å²) in [6.45, 7) is 3.82. The molecule has 41 heavy (non-hydrogen) atoms. The molecule has 5 N–H and O–H groups in total. The summed E-state index contributed by atoms with van der Waals surface area (Å²) in [7, 11) is 6.47. The number of likely N-dealkylation sites (N-methyl/N-ethyl adjacent to an activating group) is 1. The number of aromatic hydroxyl groups is 1. The number of benzene rings is 1. The van der Waals surface area contributed by atoms with E-state index >= 15 is 0 Å². The highest BCUT2D eigenvalue weighted by molar-refractivity contribution is 6.32. The maximum Gasteiger partial charge on any atom is 0.411 e. The summed E-state index contributed by atoms with van der Waals surface area (Å²) in [6, 6.07) is 0.314. The van der Waals surface area contributed by atoms with Gasteiger partial charge in [0, 0.05) is 25.7 Å². The Morgan fingerprint density at radius 2 is 1.78 bits per heavy atom. The zero-order chi connectivity index (χ0) is 30.7. The zero-order valence-corrected chi connectivity index (χ0v) is 23.9. The van der Waals surface area contributed by atoms with Crippen molar-refractivity contribution in [1.82, 2.24) is 4.90 Å². The summed E-state index contributed by atoms with van der Waals surface area (Å²) in [5, 5.41) is 25.3. The molecule has 0 heterocycles. The number of ketones is 4. The second-order valence-electron chi connectivity index (χ2n) is 11.9. The number of carbonyl (C=O) groups excluding carboxylic acids is 6. The second-order valence-corrected chi connectivity index (χ2v) is 11.9. The number of ether oxygens (including phenoxy) is 1. The van der Waals surface area contributed by atoms with Gasteiger partial charge in [-0.25, -0.2) is 4.79 Å². The minimum Gasteiger partial charge on any atom is -0.505 e. The lowest BCUT2D eigenvalue weighted by Crippen LogP contribution is -2.74. The van der Waals surface area contributed by atoms with E-state index in [-0.39, 0.29) is 36.6 Å². The summed E-state index contributed by atoms with van der Waals surface area (Å²) in [4.78, 5) is 82.2. The van der Waals surface area contributed by atoms with Gasteiger partial charge in [0.2, 0.25) is 5.91 Å². The van der Waals surface area contributed by atoms with E-state index in [4.69, 9.17) is 10.5 Å². The van der Waals surface area contributed by atoms with Crippen LogP contribution in [0.25, 0.3) is 0 Å². The molecule has 3 aliphatic rings. The van der Waals surface area contributed by atoms with Crippen LogP contribution in [0.1, 0.15) is 36.2 Å². The van der Waals surface area contributed by atoms with Crippen molar-refractivity contribution in [3.05, 3.63) is 17.2 Å². The van der Waals surface area contributed by atoms with Gasteiger partial charge in [-0.15, -0.1) is 0 Å². The standard InChI is InChI=1S/C28H36N4O9/c1-11(2)10-41-27(39)30-15-9-16(31(3)4)13-7-12-8-14-20(32(5)6)23(35)19(26(29)38)25(37)28(14,40)24(36)17(12)22(34)18(13)21(15)33/h9,11-12,14,17,19-20,33,40H,7-8,10H2,1-6H3,(H2,29,38)(H,30,39). The molecular weight excluding hydrogens is 536 g/mol. The monoisotopic (exact) mass is 572 g/mol. The minimum absolute atomic E-state index is 0.0553. The van der Waals surface area contributed by atoms with E-state index in [0.29, 0.717) is 11.3 Å². The lowest BCUT2D eigenvalue weighted by molar-refractivity contribution is -0.181. The van der Waals surface area contributed by atoms with Crippen LogP contribution in [-0.2, 0) is 30.3 Å². The van der Waals surface area contributed by atoms with Crippen LogP contribution in [0, 0.1) is 29.6 Å².